The van der Waals surface area contributed by atoms with E-state index in [9.17, 15) is 28.2 Å². The molecule has 1 unspecified atom stereocenters. The van der Waals surface area contributed by atoms with E-state index in [4.69, 9.17) is 4.74 Å². The van der Waals surface area contributed by atoms with Gasteiger partial charge in [0.05, 0.1) is 29.7 Å². The van der Waals surface area contributed by atoms with Gasteiger partial charge in [0, 0.05) is 36.3 Å². The van der Waals surface area contributed by atoms with Crippen LogP contribution >= 0.6 is 15.9 Å². The molecule has 2 aliphatic heterocycles. The lowest BCUT2D eigenvalue weighted by Crippen LogP contribution is -2.40. The smallest absolute Gasteiger partial charge is 0.295 e. The number of benzene rings is 2. The molecule has 4 rings (SSSR count). The van der Waals surface area contributed by atoms with Gasteiger partial charge in [-0.05, 0) is 48.4 Å². The summed E-state index contributed by atoms with van der Waals surface area (Å²) in [6.07, 6.45) is 0.270. The number of halogens is 1. The number of amides is 1. The highest BCUT2D eigenvalue weighted by atomic mass is 79.9. The van der Waals surface area contributed by atoms with E-state index in [1.165, 1.54) is 33.5 Å². The zero-order chi connectivity index (χ0) is 25.2. The van der Waals surface area contributed by atoms with Crippen molar-refractivity contribution in [3.8, 4) is 0 Å². The Morgan fingerprint density at radius 3 is 2.40 bits per heavy atom. The van der Waals surface area contributed by atoms with Crippen molar-refractivity contribution in [2.24, 2.45) is 0 Å². The number of carbonyl (C=O) groups excluding carboxylic acids is 2. The third kappa shape index (κ3) is 5.05. The first-order valence-corrected chi connectivity index (χ1v) is 13.3. The summed E-state index contributed by atoms with van der Waals surface area (Å²) in [6, 6.07) is 11.8. The van der Waals surface area contributed by atoms with Gasteiger partial charge in [0.1, 0.15) is 5.76 Å². The minimum Gasteiger partial charge on any atom is -0.507 e. The normalized spacial score (nSPS) is 21.0. The number of morpholine rings is 1. The SMILES string of the molecule is O=C1C(=O)N(CCCO)C(c2cccc(Br)c2)/C1=C(\O)c1ccc(S(=O)(=O)N2CCOCC2)cc1. The Hall–Kier alpha value is -2.57. The minimum atomic E-state index is -3.72. The number of likely N-dealkylation sites (tertiary alicyclic amines) is 1. The summed E-state index contributed by atoms with van der Waals surface area (Å²) >= 11 is 3.40. The van der Waals surface area contributed by atoms with E-state index in [-0.39, 0.29) is 48.7 Å². The molecule has 2 fully saturated rings. The molecule has 11 heteroatoms. The lowest BCUT2D eigenvalue weighted by atomic mass is 9.95. The van der Waals surface area contributed by atoms with Crippen LogP contribution in [0.2, 0.25) is 0 Å². The van der Waals surface area contributed by atoms with Crippen molar-refractivity contribution in [2.45, 2.75) is 17.4 Å². The molecule has 35 heavy (non-hydrogen) atoms. The average molecular weight is 565 g/mol. The fourth-order valence-electron chi connectivity index (χ4n) is 4.25. The van der Waals surface area contributed by atoms with Crippen molar-refractivity contribution >= 4 is 43.4 Å². The number of carbonyl (C=O) groups is 2. The lowest BCUT2D eigenvalue weighted by molar-refractivity contribution is -0.140. The van der Waals surface area contributed by atoms with Crippen LogP contribution in [0.3, 0.4) is 0 Å². The van der Waals surface area contributed by atoms with Crippen molar-refractivity contribution in [1.29, 1.82) is 0 Å². The molecule has 1 atom stereocenters. The standard InChI is InChI=1S/C24H25BrN2O7S/c25-18-4-1-3-17(15-18)21-20(23(30)24(31)27(21)9-2-12-28)22(29)16-5-7-19(8-6-16)35(32,33)26-10-13-34-14-11-26/h1,3-8,15,21,28-29H,2,9-14H2/b22-20+. The van der Waals surface area contributed by atoms with Crippen LogP contribution in [-0.2, 0) is 24.3 Å². The monoisotopic (exact) mass is 564 g/mol. The summed E-state index contributed by atoms with van der Waals surface area (Å²) in [5.74, 6) is -2.00. The molecule has 0 spiro atoms. The molecule has 2 N–H and O–H groups in total. The van der Waals surface area contributed by atoms with Gasteiger partial charge < -0.3 is 19.8 Å². The van der Waals surface area contributed by atoms with Crippen LogP contribution in [0.1, 0.15) is 23.6 Å². The number of ether oxygens (including phenoxy) is 1. The molecule has 0 bridgehead atoms. The van der Waals surface area contributed by atoms with E-state index >= 15 is 0 Å². The molecule has 2 aliphatic rings. The number of aliphatic hydroxyl groups excluding tert-OH is 2. The van der Waals surface area contributed by atoms with Gasteiger partial charge in [0.2, 0.25) is 10.0 Å². The number of hydrogen-bond acceptors (Lipinski definition) is 7. The molecule has 2 aromatic rings. The number of hydrogen-bond donors (Lipinski definition) is 2. The van der Waals surface area contributed by atoms with E-state index in [0.29, 0.717) is 18.8 Å². The number of ketones is 1. The molecule has 2 aromatic carbocycles. The van der Waals surface area contributed by atoms with Gasteiger partial charge in [-0.3, -0.25) is 9.59 Å². The largest absolute Gasteiger partial charge is 0.507 e. The number of Topliss-reactive ketones (excluding diaryl/α,β-unsaturated/α-hetero) is 1. The molecule has 0 saturated carbocycles. The third-order valence-electron chi connectivity index (χ3n) is 6.00. The number of rotatable bonds is 7. The fourth-order valence-corrected chi connectivity index (χ4v) is 6.08. The highest BCUT2D eigenvalue weighted by molar-refractivity contribution is 9.10. The molecule has 0 radical (unpaired) electrons. The first-order chi connectivity index (χ1) is 16.8. The van der Waals surface area contributed by atoms with Crippen molar-refractivity contribution in [1.82, 2.24) is 9.21 Å². The van der Waals surface area contributed by atoms with Crippen LogP contribution in [0.15, 0.2) is 63.5 Å². The molecular weight excluding hydrogens is 540 g/mol. The minimum absolute atomic E-state index is 0.0582. The first kappa shape index (κ1) is 25.5. The Morgan fingerprint density at radius 1 is 1.09 bits per heavy atom. The van der Waals surface area contributed by atoms with Gasteiger partial charge in [0.15, 0.2) is 0 Å². The number of nitrogens with zero attached hydrogens (tertiary/aromatic N) is 2. The zero-order valence-electron chi connectivity index (χ0n) is 18.8. The summed E-state index contributed by atoms with van der Waals surface area (Å²) in [6.45, 7) is 1.13. The number of aliphatic hydroxyl groups is 2. The van der Waals surface area contributed by atoms with E-state index in [1.807, 2.05) is 0 Å². The Morgan fingerprint density at radius 2 is 1.77 bits per heavy atom. The molecule has 0 aromatic heterocycles. The molecule has 186 valence electrons. The van der Waals surface area contributed by atoms with E-state index in [2.05, 4.69) is 15.9 Å². The van der Waals surface area contributed by atoms with E-state index in [1.54, 1.807) is 24.3 Å². The topological polar surface area (TPSA) is 124 Å². The van der Waals surface area contributed by atoms with Gasteiger partial charge >= 0.3 is 0 Å². The quantitative estimate of drug-likeness (QED) is 0.300. The molecule has 9 nitrogen and oxygen atoms in total. The van der Waals surface area contributed by atoms with Crippen LogP contribution in [-0.4, -0.2) is 79.0 Å². The summed E-state index contributed by atoms with van der Waals surface area (Å²) in [5, 5.41) is 20.4. The van der Waals surface area contributed by atoms with Crippen molar-refractivity contribution in [3.63, 3.8) is 0 Å². The summed E-state index contributed by atoms with van der Waals surface area (Å²) in [5.41, 5.74) is 0.741. The molecule has 2 saturated heterocycles. The summed E-state index contributed by atoms with van der Waals surface area (Å²) in [7, 11) is -3.72. The predicted octanol–water partition coefficient (Wildman–Crippen LogP) is 2.27. The van der Waals surface area contributed by atoms with E-state index < -0.39 is 33.5 Å². The zero-order valence-corrected chi connectivity index (χ0v) is 21.2. The maximum absolute atomic E-state index is 13.0. The van der Waals surface area contributed by atoms with Gasteiger partial charge in [-0.25, -0.2) is 8.42 Å². The third-order valence-corrected chi connectivity index (χ3v) is 8.40. The highest BCUT2D eigenvalue weighted by Crippen LogP contribution is 2.40. The summed E-state index contributed by atoms with van der Waals surface area (Å²) < 4.78 is 33.1. The van der Waals surface area contributed by atoms with Gasteiger partial charge in [-0.15, -0.1) is 0 Å². The Labute approximate surface area is 211 Å². The second kappa shape index (κ2) is 10.6. The second-order valence-corrected chi connectivity index (χ2v) is 11.0. The van der Waals surface area contributed by atoms with Crippen LogP contribution in [0.5, 0.6) is 0 Å². The van der Waals surface area contributed by atoms with Crippen LogP contribution < -0.4 is 0 Å². The van der Waals surface area contributed by atoms with E-state index in [0.717, 1.165) is 4.47 Å². The first-order valence-electron chi connectivity index (χ1n) is 11.1. The van der Waals surface area contributed by atoms with Crippen molar-refractivity contribution < 1.29 is 33.0 Å². The molecule has 2 heterocycles. The maximum Gasteiger partial charge on any atom is 0.295 e. The Kier molecular flexibility index (Phi) is 7.72. The van der Waals surface area contributed by atoms with Crippen LogP contribution in [0.4, 0.5) is 0 Å². The Bertz CT molecular complexity index is 1250. The highest BCUT2D eigenvalue weighted by Gasteiger charge is 2.45. The van der Waals surface area contributed by atoms with Crippen molar-refractivity contribution in [3.05, 3.63) is 69.7 Å². The fraction of sp³-hybridized carbons (Fsp3) is 0.333. The van der Waals surface area contributed by atoms with Gasteiger partial charge in [0.25, 0.3) is 11.7 Å². The maximum atomic E-state index is 13.0. The number of sulfonamides is 1. The van der Waals surface area contributed by atoms with Gasteiger partial charge in [-0.1, -0.05) is 28.1 Å². The average Bonchev–Trinajstić information content (AvgIpc) is 3.12. The van der Waals surface area contributed by atoms with Crippen LogP contribution in [0, 0.1) is 0 Å². The molecular formula is C24H25BrN2O7S. The van der Waals surface area contributed by atoms with Crippen LogP contribution in [0.25, 0.3) is 5.76 Å². The Balaban J connectivity index is 1.74. The molecule has 0 aliphatic carbocycles. The van der Waals surface area contributed by atoms with Gasteiger partial charge in [-0.2, -0.15) is 4.31 Å². The summed E-state index contributed by atoms with van der Waals surface area (Å²) in [4.78, 5) is 27.2. The predicted molar refractivity (Wildman–Crippen MR) is 131 cm³/mol. The second-order valence-electron chi connectivity index (χ2n) is 8.17. The van der Waals surface area contributed by atoms with Crippen molar-refractivity contribution in [2.75, 3.05) is 39.5 Å². The lowest BCUT2D eigenvalue weighted by Gasteiger charge is -2.26. The molecule has 1 amide bonds.